The summed E-state index contributed by atoms with van der Waals surface area (Å²) in [6.45, 7) is 14.5. The molecule has 0 spiro atoms. The number of unbranched alkanes of at least 4 members (excludes halogenated alkanes) is 1. The third kappa shape index (κ3) is 14.4. The van der Waals surface area contributed by atoms with Crippen LogP contribution in [-0.2, 0) is 41.7 Å². The first kappa shape index (κ1) is 47.7. The molecule has 3 N–H and O–H groups in total. The Morgan fingerprint density at radius 3 is 2.36 bits per heavy atom. The van der Waals surface area contributed by atoms with Crippen LogP contribution in [0.5, 0.6) is 0 Å². The van der Waals surface area contributed by atoms with E-state index in [1.54, 1.807) is 16.7 Å². The molecule has 3 aromatic rings. The molecule has 0 radical (unpaired) electrons. The summed E-state index contributed by atoms with van der Waals surface area (Å²) in [7, 11) is 3.52. The molecule has 59 heavy (non-hydrogen) atoms. The number of hydrogen-bond acceptors (Lipinski definition) is 10. The summed E-state index contributed by atoms with van der Waals surface area (Å²) in [5, 5.41) is 18.0. The van der Waals surface area contributed by atoms with E-state index in [2.05, 4.69) is 54.0 Å². The third-order valence-corrected chi connectivity index (χ3v) is 13.4. The van der Waals surface area contributed by atoms with Gasteiger partial charge in [-0.2, -0.15) is 0 Å². The number of aromatic nitrogens is 3. The van der Waals surface area contributed by atoms with Crippen molar-refractivity contribution in [3.63, 3.8) is 0 Å². The van der Waals surface area contributed by atoms with Crippen molar-refractivity contribution in [3.05, 3.63) is 54.1 Å². The number of carbonyl (C=O) groups excluding carboxylic acids is 4. The van der Waals surface area contributed by atoms with Gasteiger partial charge in [-0.15, -0.1) is 5.10 Å². The Labute approximate surface area is 360 Å². The van der Waals surface area contributed by atoms with Crippen molar-refractivity contribution in [2.24, 2.45) is 0 Å². The van der Waals surface area contributed by atoms with Crippen LogP contribution < -0.4 is 42.1 Å². The molecule has 0 saturated carbocycles. The second-order valence-corrected chi connectivity index (χ2v) is 20.1. The van der Waals surface area contributed by atoms with Crippen LogP contribution >= 0.6 is 0 Å². The minimum absolute atomic E-state index is 0.0322. The molecule has 2 unspecified atom stereocenters. The van der Waals surface area contributed by atoms with Gasteiger partial charge in [0.15, 0.2) is 0 Å². The quantitative estimate of drug-likeness (QED) is 0.0526. The van der Waals surface area contributed by atoms with Crippen LogP contribution in [0.3, 0.4) is 0 Å². The number of carbonyl (C=O) groups is 4. The second-order valence-electron chi connectivity index (χ2n) is 16.0. The van der Waals surface area contributed by atoms with Crippen molar-refractivity contribution in [3.8, 4) is 22.5 Å². The number of nitrogens with zero attached hydrogens (tertiary/aromatic N) is 4. The van der Waals surface area contributed by atoms with Crippen molar-refractivity contribution in [2.45, 2.75) is 127 Å². The van der Waals surface area contributed by atoms with E-state index in [1.807, 2.05) is 69.4 Å². The first-order chi connectivity index (χ1) is 28.2. The molecular formula is C44H65IN7O7-. The van der Waals surface area contributed by atoms with Crippen molar-refractivity contribution in [1.82, 2.24) is 30.9 Å². The Morgan fingerprint density at radius 1 is 0.915 bits per heavy atom. The maximum absolute atomic E-state index is 14.0. The number of rotatable bonds is 24. The minimum Gasteiger partial charge on any atom is -0.379 e. The van der Waals surface area contributed by atoms with Crippen LogP contribution in [0.4, 0.5) is 10.5 Å². The zero-order valence-corrected chi connectivity index (χ0v) is 38.4. The molecular weight excluding hydrogens is 865 g/mol. The normalized spacial score (nSPS) is 14.0. The van der Waals surface area contributed by atoms with Gasteiger partial charge < -0.3 is 19.7 Å². The number of fused-ring (bicyclic) bond motifs is 5. The van der Waals surface area contributed by atoms with Crippen LogP contribution in [-0.4, -0.2) is 98.3 Å². The van der Waals surface area contributed by atoms with Crippen molar-refractivity contribution in [1.29, 1.82) is 0 Å². The Bertz CT molecular complexity index is 1850. The van der Waals surface area contributed by atoms with Crippen LogP contribution in [0.2, 0.25) is 0 Å². The zero-order chi connectivity index (χ0) is 43.0. The molecule has 0 bridgehead atoms. The van der Waals surface area contributed by atoms with Gasteiger partial charge in [-0.05, 0) is 51.7 Å². The molecule has 326 valence electrons. The van der Waals surface area contributed by atoms with Crippen molar-refractivity contribution >= 4 is 27.4 Å². The average Bonchev–Trinajstić information content (AvgIpc) is 3.62. The number of benzene rings is 2. The molecule has 2 aromatic carbocycles. The molecule has 4 rings (SSSR count). The second kappa shape index (κ2) is 23.2. The van der Waals surface area contributed by atoms with Crippen LogP contribution in [0.1, 0.15) is 98.5 Å². The summed E-state index contributed by atoms with van der Waals surface area (Å²) in [6, 6.07) is 15.3. The molecule has 2 atom stereocenters. The Balaban J connectivity index is 1.34. The summed E-state index contributed by atoms with van der Waals surface area (Å²) >= 11 is -0.491. The summed E-state index contributed by atoms with van der Waals surface area (Å²) in [4.78, 5) is 53.7. The Kier molecular flexibility index (Phi) is 18.8. The van der Waals surface area contributed by atoms with E-state index in [4.69, 9.17) is 14.2 Å². The van der Waals surface area contributed by atoms with E-state index in [9.17, 15) is 19.2 Å². The van der Waals surface area contributed by atoms with Gasteiger partial charge in [0, 0.05) is 37.6 Å². The predicted octanol–water partition coefficient (Wildman–Crippen LogP) is 3.25. The SMILES string of the molecule is CCC(C)(CCNC(=O)CCC(=O)N1Cc2ccccc2-c2c(nnn2CCOC(=O)NCCCCC(NC)C(=O)[I-]C(C)C)-c2ccccc21)OCCC(C)(C)OC. The number of nitrogens with one attached hydrogen (secondary N) is 3. The molecule has 3 amide bonds. The van der Waals surface area contributed by atoms with E-state index in [0.717, 1.165) is 54.5 Å². The number of para-hydroxylation sites is 1. The van der Waals surface area contributed by atoms with Crippen LogP contribution in [0.25, 0.3) is 22.5 Å². The summed E-state index contributed by atoms with van der Waals surface area (Å²) < 4.78 is 19.8. The molecule has 1 aliphatic heterocycles. The largest absolute Gasteiger partial charge is 0.379 e. The Morgan fingerprint density at radius 2 is 1.64 bits per heavy atom. The molecule has 1 aliphatic rings. The first-order valence-corrected chi connectivity index (χ1v) is 23.2. The van der Waals surface area contributed by atoms with E-state index >= 15 is 0 Å². The monoisotopic (exact) mass is 930 g/mol. The van der Waals surface area contributed by atoms with Gasteiger partial charge >= 0.3 is 131 Å². The topological polar surface area (TPSA) is 166 Å². The summed E-state index contributed by atoms with van der Waals surface area (Å²) in [5.41, 5.74) is 3.89. The molecule has 0 fully saturated rings. The number of alkyl carbamates (subject to hydrolysis) is 1. The third-order valence-electron chi connectivity index (χ3n) is 10.8. The van der Waals surface area contributed by atoms with Gasteiger partial charge in [0.2, 0.25) is 11.8 Å². The standard InChI is InChI=1S/C44H65IN7O7/c1-9-44(6,59-28-24-43(4,5)57-8)23-26-47-37(53)21-22-38(54)51-30-32-16-10-11-17-33(32)40-39(34-18-12-13-20-36(34)51)49-50-52(40)27-29-58-42(56)48-25-15-14-19-35(46-7)41(55)45-31(2)3/h10-13,16-18,20,31,35,46H,9,14-15,19,21-30H2,1-8H3,(H,47,53)(H,48,56)/q-1. The van der Waals surface area contributed by atoms with E-state index in [0.29, 0.717) is 45.2 Å². The van der Waals surface area contributed by atoms with E-state index in [1.165, 1.54) is 0 Å². The number of anilines is 1. The number of hydrogen-bond donors (Lipinski definition) is 3. The molecule has 0 aliphatic carbocycles. The number of likely N-dealkylation sites (N-methyl/N-ethyl adjacent to an activating group) is 1. The fourth-order valence-corrected chi connectivity index (χ4v) is 8.99. The van der Waals surface area contributed by atoms with Crippen molar-refractivity contribution < 1.29 is 54.6 Å². The van der Waals surface area contributed by atoms with Gasteiger partial charge in [0.1, 0.15) is 5.69 Å². The molecule has 1 aromatic heterocycles. The Hall–Kier alpha value is -3.93. The number of amides is 3. The fraction of sp³-hybridized carbons (Fsp3) is 0.591. The average molecular weight is 931 g/mol. The van der Waals surface area contributed by atoms with Crippen LogP contribution in [0.15, 0.2) is 48.5 Å². The van der Waals surface area contributed by atoms with Gasteiger partial charge in [-0.3, -0.25) is 9.59 Å². The summed E-state index contributed by atoms with van der Waals surface area (Å²) in [5.74, 6) is -0.365. The van der Waals surface area contributed by atoms with Crippen molar-refractivity contribution in [2.75, 3.05) is 45.4 Å². The molecule has 15 heteroatoms. The molecule has 0 saturated heterocycles. The van der Waals surface area contributed by atoms with Gasteiger partial charge in [-0.1, -0.05) is 54.6 Å². The minimum atomic E-state index is -0.514. The first-order valence-electron chi connectivity index (χ1n) is 20.8. The maximum atomic E-state index is 14.0. The van der Waals surface area contributed by atoms with Gasteiger partial charge in [0.05, 0.1) is 35.7 Å². The fourth-order valence-electron chi connectivity index (χ4n) is 6.70. The zero-order valence-electron chi connectivity index (χ0n) is 36.2. The van der Waals surface area contributed by atoms with E-state index in [-0.39, 0.29) is 61.6 Å². The maximum Gasteiger partial charge on any atom is 0.0644 e. The smallest absolute Gasteiger partial charge is 0.0644 e. The molecule has 2 heterocycles. The van der Waals surface area contributed by atoms with E-state index < -0.39 is 27.3 Å². The number of halogens is 1. The number of ether oxygens (including phenoxy) is 3. The van der Waals surface area contributed by atoms with Crippen LogP contribution in [0, 0.1) is 0 Å². The molecule has 14 nitrogen and oxygen atoms in total. The number of alkyl halides is 1. The summed E-state index contributed by atoms with van der Waals surface area (Å²) in [6.07, 6.45) is 4.08. The number of methoxy groups -OCH3 is 1. The predicted molar refractivity (Wildman–Crippen MR) is 225 cm³/mol. The van der Waals surface area contributed by atoms with Gasteiger partial charge in [-0.25, -0.2) is 0 Å². The van der Waals surface area contributed by atoms with Gasteiger partial charge in [0.25, 0.3) is 0 Å².